The van der Waals surface area contributed by atoms with E-state index >= 15 is 0 Å². The molecule has 3 rings (SSSR count). The van der Waals surface area contributed by atoms with Crippen LogP contribution in [-0.2, 0) is 9.59 Å². The van der Waals surface area contributed by atoms with Crippen LogP contribution in [0.1, 0.15) is 32.3 Å². The van der Waals surface area contributed by atoms with Gasteiger partial charge in [0.1, 0.15) is 5.41 Å². The summed E-state index contributed by atoms with van der Waals surface area (Å²) >= 11 is 0. The van der Waals surface area contributed by atoms with Gasteiger partial charge in [-0.3, -0.25) is 9.59 Å². The number of nitrogens with zero attached hydrogens (tertiary/aromatic N) is 2. The molecule has 0 heterocycles. The lowest BCUT2D eigenvalue weighted by molar-refractivity contribution is -0.131. The molecular formula is C22H24N4O2. The van der Waals surface area contributed by atoms with Crippen molar-refractivity contribution in [3.05, 3.63) is 54.1 Å². The molecule has 1 saturated carbocycles. The van der Waals surface area contributed by atoms with Crippen molar-refractivity contribution in [3.8, 4) is 6.07 Å². The largest absolute Gasteiger partial charge is 0.372 e. The number of carbonyl (C=O) groups excluding carboxylic acids is 2. The Morgan fingerprint density at radius 3 is 2.14 bits per heavy atom. The second kappa shape index (κ2) is 8.13. The second-order valence-electron chi connectivity index (χ2n) is 6.90. The van der Waals surface area contributed by atoms with Crippen molar-refractivity contribution in [2.75, 3.05) is 28.6 Å². The topological polar surface area (TPSA) is 85.2 Å². The van der Waals surface area contributed by atoms with Crippen LogP contribution in [0.5, 0.6) is 0 Å². The summed E-state index contributed by atoms with van der Waals surface area (Å²) in [6.07, 6.45) is 1.03. The fraction of sp³-hybridized carbons (Fsp3) is 0.318. The Morgan fingerprint density at radius 2 is 1.61 bits per heavy atom. The van der Waals surface area contributed by atoms with Gasteiger partial charge in [0.25, 0.3) is 0 Å². The molecule has 0 aliphatic heterocycles. The molecule has 0 unspecified atom stereocenters. The predicted molar refractivity (Wildman–Crippen MR) is 110 cm³/mol. The van der Waals surface area contributed by atoms with Crippen LogP contribution in [0.4, 0.5) is 17.1 Å². The number of hydrogen-bond donors (Lipinski definition) is 2. The van der Waals surface area contributed by atoms with E-state index in [4.69, 9.17) is 5.26 Å². The van der Waals surface area contributed by atoms with Gasteiger partial charge in [-0.05, 0) is 69.2 Å². The zero-order valence-electron chi connectivity index (χ0n) is 16.2. The molecule has 2 aromatic rings. The van der Waals surface area contributed by atoms with Crippen molar-refractivity contribution in [2.24, 2.45) is 5.41 Å². The van der Waals surface area contributed by atoms with E-state index in [2.05, 4.69) is 29.4 Å². The number of hydrogen-bond acceptors (Lipinski definition) is 4. The van der Waals surface area contributed by atoms with E-state index in [-0.39, 0.29) is 11.8 Å². The molecule has 1 aliphatic rings. The summed E-state index contributed by atoms with van der Waals surface area (Å²) in [5, 5.41) is 14.6. The lowest BCUT2D eigenvalue weighted by Gasteiger charge is -2.21. The summed E-state index contributed by atoms with van der Waals surface area (Å²) < 4.78 is 0. The molecule has 2 N–H and O–H groups in total. The molecule has 2 amide bonds. The van der Waals surface area contributed by atoms with Gasteiger partial charge in [-0.25, -0.2) is 0 Å². The van der Waals surface area contributed by atoms with Crippen LogP contribution < -0.4 is 15.5 Å². The van der Waals surface area contributed by atoms with E-state index in [1.165, 1.54) is 0 Å². The number of amides is 2. The van der Waals surface area contributed by atoms with Crippen LogP contribution >= 0.6 is 0 Å². The lowest BCUT2D eigenvalue weighted by atomic mass is 10.0. The maximum absolute atomic E-state index is 12.7. The van der Waals surface area contributed by atoms with Gasteiger partial charge in [0.05, 0.1) is 11.6 Å². The summed E-state index contributed by atoms with van der Waals surface area (Å²) in [7, 11) is 0. The van der Waals surface area contributed by atoms with Gasteiger partial charge in [0, 0.05) is 30.2 Å². The molecule has 6 nitrogen and oxygen atoms in total. The predicted octanol–water partition coefficient (Wildman–Crippen LogP) is 3.76. The Morgan fingerprint density at radius 1 is 1.00 bits per heavy atom. The maximum Gasteiger partial charge on any atom is 0.240 e. The normalized spacial score (nSPS) is 13.9. The molecule has 0 bridgehead atoms. The Labute approximate surface area is 165 Å². The summed E-state index contributed by atoms with van der Waals surface area (Å²) in [5.74, 6) is -0.628. The number of rotatable bonds is 7. The van der Waals surface area contributed by atoms with Crippen molar-refractivity contribution in [3.63, 3.8) is 0 Å². The van der Waals surface area contributed by atoms with Crippen molar-refractivity contribution in [2.45, 2.75) is 26.7 Å². The third-order valence-electron chi connectivity index (χ3n) is 5.12. The molecule has 0 aromatic heterocycles. The van der Waals surface area contributed by atoms with Gasteiger partial charge >= 0.3 is 0 Å². The fourth-order valence-corrected chi connectivity index (χ4v) is 3.19. The molecule has 0 atom stereocenters. The first-order chi connectivity index (χ1) is 13.5. The number of anilines is 3. The van der Waals surface area contributed by atoms with Gasteiger partial charge in [-0.15, -0.1) is 0 Å². The summed E-state index contributed by atoms with van der Waals surface area (Å²) in [6, 6.07) is 16.4. The first-order valence-electron chi connectivity index (χ1n) is 9.50. The van der Waals surface area contributed by atoms with Crippen molar-refractivity contribution in [1.82, 2.24) is 0 Å². The highest BCUT2D eigenvalue weighted by atomic mass is 16.2. The second-order valence-corrected chi connectivity index (χ2v) is 6.90. The molecule has 0 spiro atoms. The quantitative estimate of drug-likeness (QED) is 0.721. The van der Waals surface area contributed by atoms with Crippen LogP contribution in [0.2, 0.25) is 0 Å². The Bertz CT molecular complexity index is 907. The summed E-state index contributed by atoms with van der Waals surface area (Å²) in [5.41, 5.74) is 1.71. The van der Waals surface area contributed by atoms with Crippen molar-refractivity contribution >= 4 is 28.9 Å². The summed E-state index contributed by atoms with van der Waals surface area (Å²) in [6.45, 7) is 6.03. The molecule has 1 aliphatic carbocycles. The monoisotopic (exact) mass is 376 g/mol. The van der Waals surface area contributed by atoms with E-state index in [9.17, 15) is 9.59 Å². The van der Waals surface area contributed by atoms with Crippen LogP contribution in [0, 0.1) is 16.7 Å². The average Bonchev–Trinajstić information content (AvgIpc) is 3.52. The smallest absolute Gasteiger partial charge is 0.240 e. The zero-order chi connectivity index (χ0) is 20.1. The fourth-order valence-electron chi connectivity index (χ4n) is 3.19. The molecule has 0 radical (unpaired) electrons. The Hall–Kier alpha value is -3.33. The zero-order valence-corrected chi connectivity index (χ0v) is 16.2. The molecule has 0 saturated heterocycles. The van der Waals surface area contributed by atoms with E-state index in [0.717, 1.165) is 18.8 Å². The van der Waals surface area contributed by atoms with Crippen LogP contribution in [-0.4, -0.2) is 24.9 Å². The van der Waals surface area contributed by atoms with E-state index in [1.807, 2.05) is 30.3 Å². The first kappa shape index (κ1) is 19.4. The molecule has 28 heavy (non-hydrogen) atoms. The number of carbonyl (C=O) groups is 2. The highest BCUT2D eigenvalue weighted by Gasteiger charge is 2.56. The summed E-state index contributed by atoms with van der Waals surface area (Å²) in [4.78, 5) is 27.7. The third kappa shape index (κ3) is 3.99. The molecule has 2 aromatic carbocycles. The van der Waals surface area contributed by atoms with Gasteiger partial charge in [0.2, 0.25) is 11.8 Å². The van der Waals surface area contributed by atoms with E-state index in [1.54, 1.807) is 24.3 Å². The van der Waals surface area contributed by atoms with Crippen molar-refractivity contribution in [1.29, 1.82) is 5.26 Å². The highest BCUT2D eigenvalue weighted by molar-refractivity contribution is 6.16. The molecule has 144 valence electrons. The van der Waals surface area contributed by atoms with Crippen molar-refractivity contribution < 1.29 is 9.59 Å². The van der Waals surface area contributed by atoms with Crippen LogP contribution in [0.25, 0.3) is 0 Å². The average molecular weight is 376 g/mol. The molecule has 6 heteroatoms. The van der Waals surface area contributed by atoms with Crippen LogP contribution in [0.15, 0.2) is 48.5 Å². The highest BCUT2D eigenvalue weighted by Crippen LogP contribution is 2.47. The lowest BCUT2D eigenvalue weighted by Crippen LogP contribution is -2.35. The van der Waals surface area contributed by atoms with Crippen LogP contribution in [0.3, 0.4) is 0 Å². The van der Waals surface area contributed by atoms with Gasteiger partial charge < -0.3 is 15.5 Å². The minimum absolute atomic E-state index is 0.294. The van der Waals surface area contributed by atoms with E-state index < -0.39 is 5.41 Å². The minimum atomic E-state index is -1.04. The van der Waals surface area contributed by atoms with Gasteiger partial charge in [0.15, 0.2) is 0 Å². The van der Waals surface area contributed by atoms with E-state index in [0.29, 0.717) is 29.8 Å². The first-order valence-corrected chi connectivity index (χ1v) is 9.50. The number of benzene rings is 2. The number of nitrogens with one attached hydrogen (secondary N) is 2. The SMILES string of the molecule is CCN(CC)c1ccc(NC(=O)C2(C(=O)Nc3cccc(C#N)c3)CC2)cc1. The maximum atomic E-state index is 12.7. The number of nitriles is 1. The van der Waals surface area contributed by atoms with Gasteiger partial charge in [-0.2, -0.15) is 5.26 Å². The molecular weight excluding hydrogens is 352 g/mol. The standard InChI is InChI=1S/C22H24N4O2/c1-3-26(4-2)19-10-8-17(9-11-19)24-20(27)22(12-13-22)21(28)25-18-7-5-6-16(14-18)15-23/h5-11,14H,3-4,12-13H2,1-2H3,(H,24,27)(H,25,28). The van der Waals surface area contributed by atoms with Gasteiger partial charge in [-0.1, -0.05) is 6.07 Å². The Balaban J connectivity index is 1.66. The Kier molecular flexibility index (Phi) is 5.65. The molecule has 1 fully saturated rings. The third-order valence-corrected chi connectivity index (χ3v) is 5.12. The minimum Gasteiger partial charge on any atom is -0.372 e.